The quantitative estimate of drug-likeness (QED) is 0.227. The van der Waals surface area contributed by atoms with Gasteiger partial charge in [-0.25, -0.2) is 5.43 Å². The predicted molar refractivity (Wildman–Crippen MR) is 158 cm³/mol. The molecule has 0 aliphatic heterocycles. The van der Waals surface area contributed by atoms with E-state index in [1.165, 1.54) is 6.92 Å². The number of hydrazine groups is 1. The second kappa shape index (κ2) is 13.2. The average Bonchev–Trinajstić information content (AvgIpc) is 3.23. The number of benzene rings is 2. The highest BCUT2D eigenvalue weighted by Crippen LogP contribution is 2.35. The fourth-order valence-electron chi connectivity index (χ4n) is 4.45. The number of nitrogens with zero attached hydrogens (tertiary/aromatic N) is 3. The zero-order valence-electron chi connectivity index (χ0n) is 24.9. The highest BCUT2D eigenvalue weighted by Gasteiger charge is 2.34. The number of hydrogen-bond donors (Lipinski definition) is 4. The lowest BCUT2D eigenvalue weighted by Gasteiger charge is -2.24. The van der Waals surface area contributed by atoms with Crippen molar-refractivity contribution < 1.29 is 18.0 Å². The Hall–Kier alpha value is -3.83. The van der Waals surface area contributed by atoms with Crippen molar-refractivity contribution in [2.24, 2.45) is 13.0 Å². The van der Waals surface area contributed by atoms with Gasteiger partial charge in [-0.05, 0) is 74.2 Å². The lowest BCUT2D eigenvalue weighted by molar-refractivity contribution is -0.138. The van der Waals surface area contributed by atoms with Gasteiger partial charge in [-0.15, -0.1) is 0 Å². The van der Waals surface area contributed by atoms with Gasteiger partial charge in [0.05, 0.1) is 23.1 Å². The third-order valence-electron chi connectivity index (χ3n) is 6.97. The van der Waals surface area contributed by atoms with Crippen LogP contribution in [0.5, 0.6) is 0 Å². The first-order valence-electron chi connectivity index (χ1n) is 13.4. The zero-order valence-corrected chi connectivity index (χ0v) is 24.9. The number of anilines is 2. The maximum Gasteiger partial charge on any atom is 0.416 e. The smallest absolute Gasteiger partial charge is 0.386 e. The van der Waals surface area contributed by atoms with Gasteiger partial charge < -0.3 is 16.0 Å². The second-order valence-electron chi connectivity index (χ2n) is 10.4. The third-order valence-corrected chi connectivity index (χ3v) is 6.97. The molecule has 0 aliphatic rings. The standard InChI is InChI=1S/C30H40F3N7O/c1-18(2)14-36-15-23-11-24(13-26(20(23)4)30(31,32)33)38-29(41)22-10-9-19(3)28(12-22)40(35-7)17-27(34-6)25-16-37-39(8)21(25)5/h9-13,16-18,34-36H,14-15H2,1-8H3,(H,38,41)/b27-17-. The molecule has 0 saturated carbocycles. The molecule has 0 atom stereocenters. The molecule has 4 N–H and O–H groups in total. The number of nitrogens with one attached hydrogen (secondary N) is 4. The SMILES string of the molecule is CN/C(=C\N(NC)c1cc(C(=O)Nc2cc(CNCC(C)C)c(C)c(C(F)(F)F)c2)ccc1C)c1cnn(C)c1C. The lowest BCUT2D eigenvalue weighted by atomic mass is 10.00. The molecule has 11 heteroatoms. The number of rotatable bonds is 11. The molecular formula is C30H40F3N7O. The molecule has 0 radical (unpaired) electrons. The molecule has 1 heterocycles. The van der Waals surface area contributed by atoms with Crippen molar-refractivity contribution in [1.29, 1.82) is 0 Å². The molecular weight excluding hydrogens is 531 g/mol. The van der Waals surface area contributed by atoms with E-state index in [1.807, 2.05) is 48.0 Å². The van der Waals surface area contributed by atoms with Crippen molar-refractivity contribution in [3.63, 3.8) is 0 Å². The predicted octanol–water partition coefficient (Wildman–Crippen LogP) is 5.52. The number of hydrogen-bond acceptors (Lipinski definition) is 6. The highest BCUT2D eigenvalue weighted by atomic mass is 19.4. The van der Waals surface area contributed by atoms with E-state index in [2.05, 4.69) is 26.5 Å². The fraction of sp³-hybridized carbons (Fsp3) is 0.400. The van der Waals surface area contributed by atoms with Gasteiger partial charge in [0.1, 0.15) is 0 Å². The summed E-state index contributed by atoms with van der Waals surface area (Å²) in [5.41, 5.74) is 7.66. The summed E-state index contributed by atoms with van der Waals surface area (Å²) in [6.45, 7) is 10.3. The molecule has 2 aromatic carbocycles. The minimum absolute atomic E-state index is 0.0892. The van der Waals surface area contributed by atoms with Crippen LogP contribution in [0.4, 0.5) is 24.5 Å². The Balaban J connectivity index is 1.94. The van der Waals surface area contributed by atoms with Crippen LogP contribution in [0, 0.1) is 26.7 Å². The van der Waals surface area contributed by atoms with Crippen molar-refractivity contribution >= 4 is 23.0 Å². The fourth-order valence-corrected chi connectivity index (χ4v) is 4.45. The van der Waals surface area contributed by atoms with E-state index in [4.69, 9.17) is 0 Å². The summed E-state index contributed by atoms with van der Waals surface area (Å²) in [5.74, 6) is -0.165. The van der Waals surface area contributed by atoms with Crippen LogP contribution in [0.15, 0.2) is 42.7 Å². The number of halogens is 3. The van der Waals surface area contributed by atoms with Gasteiger partial charge in [-0.1, -0.05) is 19.9 Å². The van der Waals surface area contributed by atoms with Crippen molar-refractivity contribution in [2.45, 2.75) is 47.3 Å². The van der Waals surface area contributed by atoms with E-state index >= 15 is 0 Å². The van der Waals surface area contributed by atoms with Crippen molar-refractivity contribution in [3.05, 3.63) is 81.8 Å². The molecule has 0 fully saturated rings. The van der Waals surface area contributed by atoms with Crippen molar-refractivity contribution in [3.8, 4) is 0 Å². The Morgan fingerprint density at radius 3 is 2.39 bits per heavy atom. The maximum atomic E-state index is 13.9. The third kappa shape index (κ3) is 7.68. The van der Waals surface area contributed by atoms with Gasteiger partial charge in [0.2, 0.25) is 0 Å². The Labute approximate surface area is 240 Å². The number of aromatic nitrogens is 2. The maximum absolute atomic E-state index is 13.9. The van der Waals surface area contributed by atoms with E-state index in [-0.39, 0.29) is 17.8 Å². The summed E-state index contributed by atoms with van der Waals surface area (Å²) in [7, 11) is 5.43. The number of carbonyl (C=O) groups is 1. The summed E-state index contributed by atoms with van der Waals surface area (Å²) in [5, 5.41) is 15.2. The minimum Gasteiger partial charge on any atom is -0.386 e. The minimum atomic E-state index is -4.55. The van der Waals surface area contributed by atoms with Crippen LogP contribution in [0.3, 0.4) is 0 Å². The van der Waals surface area contributed by atoms with Crippen LogP contribution in [-0.2, 0) is 19.8 Å². The van der Waals surface area contributed by atoms with Gasteiger partial charge in [-0.3, -0.25) is 14.5 Å². The molecule has 222 valence electrons. The number of aryl methyl sites for hydroxylation is 2. The first-order valence-corrected chi connectivity index (χ1v) is 13.4. The summed E-state index contributed by atoms with van der Waals surface area (Å²) >= 11 is 0. The van der Waals surface area contributed by atoms with E-state index in [0.717, 1.165) is 28.6 Å². The number of alkyl halides is 3. The van der Waals surface area contributed by atoms with E-state index in [1.54, 1.807) is 47.2 Å². The van der Waals surface area contributed by atoms with Gasteiger partial charge in [0.25, 0.3) is 5.91 Å². The van der Waals surface area contributed by atoms with Crippen LogP contribution in [0.2, 0.25) is 0 Å². The van der Waals surface area contributed by atoms with Crippen molar-refractivity contribution in [2.75, 3.05) is 31.0 Å². The Morgan fingerprint density at radius 2 is 1.83 bits per heavy atom. The first-order chi connectivity index (χ1) is 19.3. The molecule has 3 aromatic rings. The van der Waals surface area contributed by atoms with Gasteiger partial charge in [0, 0.05) is 56.4 Å². The Bertz CT molecular complexity index is 1410. The van der Waals surface area contributed by atoms with Gasteiger partial charge in [-0.2, -0.15) is 18.3 Å². The first kappa shape index (κ1) is 31.7. The summed E-state index contributed by atoms with van der Waals surface area (Å²) in [6, 6.07) is 7.74. The largest absolute Gasteiger partial charge is 0.416 e. The normalized spacial score (nSPS) is 12.1. The second-order valence-corrected chi connectivity index (χ2v) is 10.4. The molecule has 0 aliphatic carbocycles. The molecule has 0 unspecified atom stereocenters. The number of amides is 1. The lowest BCUT2D eigenvalue weighted by Crippen LogP contribution is -2.32. The molecule has 41 heavy (non-hydrogen) atoms. The topological polar surface area (TPSA) is 86.2 Å². The average molecular weight is 572 g/mol. The Kier molecular flexibility index (Phi) is 10.2. The Morgan fingerprint density at radius 1 is 1.12 bits per heavy atom. The van der Waals surface area contributed by atoms with Crippen molar-refractivity contribution in [1.82, 2.24) is 25.8 Å². The zero-order chi connectivity index (χ0) is 30.5. The van der Waals surface area contributed by atoms with Crippen LogP contribution in [-0.4, -0.2) is 36.3 Å². The molecule has 0 saturated heterocycles. The monoisotopic (exact) mass is 571 g/mol. The van der Waals surface area contributed by atoms with E-state index in [0.29, 0.717) is 29.3 Å². The molecule has 0 spiro atoms. The molecule has 1 aromatic heterocycles. The summed E-state index contributed by atoms with van der Waals surface area (Å²) < 4.78 is 43.4. The summed E-state index contributed by atoms with van der Waals surface area (Å²) in [6.07, 6.45) is -0.919. The van der Waals surface area contributed by atoms with E-state index in [9.17, 15) is 18.0 Å². The molecule has 8 nitrogen and oxygen atoms in total. The highest BCUT2D eigenvalue weighted by molar-refractivity contribution is 6.05. The molecule has 1 amide bonds. The van der Waals surface area contributed by atoms with Crippen LogP contribution < -0.4 is 26.4 Å². The molecule has 3 rings (SSSR count). The van der Waals surface area contributed by atoms with Gasteiger partial charge >= 0.3 is 6.18 Å². The molecule has 0 bridgehead atoms. The van der Waals surface area contributed by atoms with E-state index < -0.39 is 17.6 Å². The van der Waals surface area contributed by atoms with Crippen LogP contribution in [0.1, 0.15) is 57.7 Å². The van der Waals surface area contributed by atoms with Crippen LogP contribution >= 0.6 is 0 Å². The van der Waals surface area contributed by atoms with Gasteiger partial charge in [0.15, 0.2) is 0 Å². The summed E-state index contributed by atoms with van der Waals surface area (Å²) in [4.78, 5) is 13.3. The van der Waals surface area contributed by atoms with Crippen LogP contribution in [0.25, 0.3) is 5.70 Å². The number of carbonyl (C=O) groups excluding carboxylic acids is 1.